The number of aryl methyl sites for hydroxylation is 1. The highest BCUT2D eigenvalue weighted by molar-refractivity contribution is 7.80. The second kappa shape index (κ2) is 2.79. The highest BCUT2D eigenvalue weighted by atomic mass is 32.1. The van der Waals surface area contributed by atoms with Crippen molar-refractivity contribution in [1.82, 2.24) is 4.98 Å². The van der Waals surface area contributed by atoms with Gasteiger partial charge in [0.05, 0.1) is 11.2 Å². The van der Waals surface area contributed by atoms with Gasteiger partial charge in [0.25, 0.3) is 0 Å². The molecule has 0 aromatic carbocycles. The summed E-state index contributed by atoms with van der Waals surface area (Å²) >= 11 is 4.97. The Balaban J connectivity index is 2.43. The summed E-state index contributed by atoms with van der Waals surface area (Å²) < 4.78 is 12.7. The fourth-order valence-electron chi connectivity index (χ4n) is 1.23. The first kappa shape index (κ1) is 7.61. The second-order valence-corrected chi connectivity index (χ2v) is 3.20. The predicted octanol–water partition coefficient (Wildman–Crippen LogP) is 1.91. The van der Waals surface area contributed by atoms with Crippen LogP contribution in [0.1, 0.15) is 12.0 Å². The van der Waals surface area contributed by atoms with E-state index in [0.717, 1.165) is 23.4 Å². The van der Waals surface area contributed by atoms with Crippen molar-refractivity contribution < 1.29 is 4.39 Å². The number of nitrogens with one attached hydrogen (secondary N) is 1. The third kappa shape index (κ3) is 1.30. The monoisotopic (exact) mass is 182 g/mol. The molecule has 1 aliphatic heterocycles. The summed E-state index contributed by atoms with van der Waals surface area (Å²) in [6, 6.07) is 1.50. The summed E-state index contributed by atoms with van der Waals surface area (Å²) in [5, 5.41) is 2.94. The Hall–Kier alpha value is -1.03. The molecule has 0 saturated heterocycles. The second-order valence-electron chi connectivity index (χ2n) is 2.71. The van der Waals surface area contributed by atoms with E-state index >= 15 is 0 Å². The van der Waals surface area contributed by atoms with Crippen LogP contribution in [0.3, 0.4) is 0 Å². The molecule has 2 nitrogen and oxygen atoms in total. The molecule has 2 heterocycles. The Morgan fingerprint density at radius 1 is 1.50 bits per heavy atom. The first-order chi connectivity index (χ1) is 5.75. The molecule has 62 valence electrons. The van der Waals surface area contributed by atoms with Crippen LogP contribution in [-0.2, 0) is 6.42 Å². The molecule has 1 aliphatic rings. The number of nitrogens with zero attached hydrogens (tertiary/aromatic N) is 1. The van der Waals surface area contributed by atoms with Gasteiger partial charge in [0.1, 0.15) is 11.6 Å². The normalized spacial score (nSPS) is 15.2. The Morgan fingerprint density at radius 2 is 2.33 bits per heavy atom. The molecule has 0 atom stereocenters. The minimum atomic E-state index is -0.289. The largest absolute Gasteiger partial charge is 0.335 e. The number of fused-ring (bicyclic) bond motifs is 1. The average Bonchev–Trinajstić information content (AvgIpc) is 2.05. The third-order valence-corrected chi connectivity index (χ3v) is 2.12. The summed E-state index contributed by atoms with van der Waals surface area (Å²) in [5.74, 6) is 0.413. The maximum atomic E-state index is 12.7. The molecule has 0 saturated carbocycles. The number of hydrogen-bond acceptors (Lipinski definition) is 2. The molecule has 12 heavy (non-hydrogen) atoms. The number of hydrogen-bond donors (Lipinski definition) is 1. The SMILES string of the molecule is Fc1cnc2c(c1)CCC(=S)N2. The van der Waals surface area contributed by atoms with Crippen LogP contribution in [0, 0.1) is 5.82 Å². The van der Waals surface area contributed by atoms with Crippen molar-refractivity contribution in [3.8, 4) is 0 Å². The lowest BCUT2D eigenvalue weighted by Gasteiger charge is -2.16. The molecule has 0 bridgehead atoms. The van der Waals surface area contributed by atoms with Crippen molar-refractivity contribution in [3.05, 3.63) is 23.6 Å². The zero-order valence-corrected chi connectivity index (χ0v) is 7.12. The van der Waals surface area contributed by atoms with E-state index < -0.39 is 0 Å². The molecule has 0 aliphatic carbocycles. The molecule has 0 unspecified atom stereocenters. The van der Waals surface area contributed by atoms with Crippen LogP contribution in [0.4, 0.5) is 10.2 Å². The van der Waals surface area contributed by atoms with E-state index in [4.69, 9.17) is 12.2 Å². The van der Waals surface area contributed by atoms with Crippen molar-refractivity contribution >= 4 is 23.0 Å². The predicted molar refractivity (Wildman–Crippen MR) is 48.7 cm³/mol. The number of aromatic nitrogens is 1. The van der Waals surface area contributed by atoms with Gasteiger partial charge in [-0.2, -0.15) is 0 Å². The Kier molecular flexibility index (Phi) is 1.77. The Bertz CT molecular complexity index is 338. The Morgan fingerprint density at radius 3 is 3.17 bits per heavy atom. The molecule has 0 fully saturated rings. The van der Waals surface area contributed by atoms with Crippen LogP contribution >= 0.6 is 12.2 Å². The number of anilines is 1. The molecule has 1 aromatic rings. The van der Waals surface area contributed by atoms with Crippen molar-refractivity contribution in [2.45, 2.75) is 12.8 Å². The molecule has 4 heteroatoms. The van der Waals surface area contributed by atoms with Crippen LogP contribution in [0.15, 0.2) is 12.3 Å². The highest BCUT2D eigenvalue weighted by Gasteiger charge is 2.13. The maximum Gasteiger partial charge on any atom is 0.141 e. The summed E-state index contributed by atoms with van der Waals surface area (Å²) in [4.78, 5) is 4.67. The molecular weight excluding hydrogens is 175 g/mol. The smallest absolute Gasteiger partial charge is 0.141 e. The van der Waals surface area contributed by atoms with Crippen LogP contribution in [0.5, 0.6) is 0 Å². The van der Waals surface area contributed by atoms with Gasteiger partial charge in [0.15, 0.2) is 0 Å². The van der Waals surface area contributed by atoms with Gasteiger partial charge in [0.2, 0.25) is 0 Å². The van der Waals surface area contributed by atoms with E-state index in [-0.39, 0.29) is 5.82 Å². The van der Waals surface area contributed by atoms with E-state index in [1.807, 2.05) is 0 Å². The van der Waals surface area contributed by atoms with Crippen molar-refractivity contribution in [2.24, 2.45) is 0 Å². The molecule has 1 aromatic heterocycles. The van der Waals surface area contributed by atoms with Gasteiger partial charge in [-0.1, -0.05) is 12.2 Å². The van der Waals surface area contributed by atoms with E-state index in [9.17, 15) is 4.39 Å². The van der Waals surface area contributed by atoms with Crippen LogP contribution in [0.2, 0.25) is 0 Å². The fraction of sp³-hybridized carbons (Fsp3) is 0.250. The topological polar surface area (TPSA) is 24.9 Å². The van der Waals surface area contributed by atoms with Crippen LogP contribution in [-0.4, -0.2) is 9.97 Å². The quantitative estimate of drug-likeness (QED) is 0.620. The number of halogens is 1. The maximum absolute atomic E-state index is 12.7. The summed E-state index contributed by atoms with van der Waals surface area (Å²) in [5.41, 5.74) is 0.906. The average molecular weight is 182 g/mol. The number of rotatable bonds is 0. The first-order valence-electron chi connectivity index (χ1n) is 3.70. The minimum Gasteiger partial charge on any atom is -0.335 e. The lowest BCUT2D eigenvalue weighted by atomic mass is 10.1. The summed E-state index contributed by atoms with van der Waals surface area (Å²) in [7, 11) is 0. The molecule has 0 radical (unpaired) electrons. The molecule has 2 rings (SSSR count). The highest BCUT2D eigenvalue weighted by Crippen LogP contribution is 2.20. The minimum absolute atomic E-state index is 0.289. The molecular formula is C8H7FN2S. The van der Waals surface area contributed by atoms with Crippen molar-refractivity contribution in [1.29, 1.82) is 0 Å². The molecule has 0 amide bonds. The van der Waals surface area contributed by atoms with Gasteiger partial charge >= 0.3 is 0 Å². The van der Waals surface area contributed by atoms with Crippen molar-refractivity contribution in [3.63, 3.8) is 0 Å². The Labute approximate surface area is 74.8 Å². The number of thiocarbonyl (C=S) groups is 1. The number of pyridine rings is 1. The van der Waals surface area contributed by atoms with Gasteiger partial charge in [-0.05, 0) is 18.1 Å². The lowest BCUT2D eigenvalue weighted by Crippen LogP contribution is -2.18. The molecule has 0 spiro atoms. The summed E-state index contributed by atoms with van der Waals surface area (Å²) in [6.45, 7) is 0. The van der Waals surface area contributed by atoms with E-state index in [2.05, 4.69) is 10.3 Å². The van der Waals surface area contributed by atoms with Gasteiger partial charge in [-0.25, -0.2) is 9.37 Å². The zero-order valence-electron chi connectivity index (χ0n) is 6.30. The standard InChI is InChI=1S/C8H7FN2S/c9-6-3-5-1-2-7(12)11-8(5)10-4-6/h3-4H,1-2H2,(H,10,11,12). The van der Waals surface area contributed by atoms with Gasteiger partial charge in [-0.15, -0.1) is 0 Å². The lowest BCUT2D eigenvalue weighted by molar-refractivity contribution is 0.618. The van der Waals surface area contributed by atoms with Crippen LogP contribution < -0.4 is 5.32 Å². The first-order valence-corrected chi connectivity index (χ1v) is 4.11. The van der Waals surface area contributed by atoms with Gasteiger partial charge in [-0.3, -0.25) is 0 Å². The van der Waals surface area contributed by atoms with E-state index in [1.165, 1.54) is 12.3 Å². The van der Waals surface area contributed by atoms with Gasteiger partial charge in [0, 0.05) is 6.42 Å². The van der Waals surface area contributed by atoms with E-state index in [1.54, 1.807) is 0 Å². The molecule has 1 N–H and O–H groups in total. The zero-order chi connectivity index (χ0) is 8.55. The van der Waals surface area contributed by atoms with E-state index in [0.29, 0.717) is 5.82 Å². The fourth-order valence-corrected chi connectivity index (χ4v) is 1.43. The van der Waals surface area contributed by atoms with Crippen molar-refractivity contribution in [2.75, 3.05) is 5.32 Å². The summed E-state index contributed by atoms with van der Waals surface area (Å²) in [6.07, 6.45) is 2.76. The third-order valence-electron chi connectivity index (χ3n) is 1.81. The van der Waals surface area contributed by atoms with Crippen LogP contribution in [0.25, 0.3) is 0 Å². The van der Waals surface area contributed by atoms with Gasteiger partial charge < -0.3 is 5.32 Å².